The predicted molar refractivity (Wildman–Crippen MR) is 95.2 cm³/mol. The molecule has 0 bridgehead atoms. The first kappa shape index (κ1) is 16.7. The van der Waals surface area contributed by atoms with Crippen molar-refractivity contribution < 1.29 is 9.18 Å². The summed E-state index contributed by atoms with van der Waals surface area (Å²) in [5, 5.41) is 7.56. The molecule has 26 heavy (non-hydrogen) atoms. The molecule has 6 nitrogen and oxygen atoms in total. The smallest absolute Gasteiger partial charge is 0.231 e. The van der Waals surface area contributed by atoms with Gasteiger partial charge in [-0.15, -0.1) is 0 Å². The van der Waals surface area contributed by atoms with Crippen LogP contribution in [0.1, 0.15) is 12.0 Å². The molecule has 4 rings (SSSR count). The first-order valence-electron chi connectivity index (χ1n) is 8.19. The molecule has 0 spiro atoms. The zero-order valence-electron chi connectivity index (χ0n) is 13.7. The number of aromatic nitrogens is 4. The fraction of sp³-hybridized carbons (Fsp3) is 0.222. The lowest BCUT2D eigenvalue weighted by atomic mass is 9.99. The van der Waals surface area contributed by atoms with Crippen LogP contribution in [0, 0.1) is 11.9 Å². The molecule has 1 amide bonds. The Labute approximate surface area is 154 Å². The van der Waals surface area contributed by atoms with Crippen molar-refractivity contribution in [1.29, 1.82) is 0 Å². The molecule has 1 aliphatic heterocycles. The Morgan fingerprint density at radius 2 is 2.08 bits per heavy atom. The number of hydrogen-bond donors (Lipinski definition) is 1. The minimum atomic E-state index is -0.528. The Bertz CT molecular complexity index is 929. The quantitative estimate of drug-likeness (QED) is 0.714. The number of amides is 1. The highest BCUT2D eigenvalue weighted by Crippen LogP contribution is 2.36. The van der Waals surface area contributed by atoms with Crippen LogP contribution in [0.5, 0.6) is 0 Å². The van der Waals surface area contributed by atoms with E-state index in [1.54, 1.807) is 23.4 Å². The molecular formula is C18H15ClFN5O. The van der Waals surface area contributed by atoms with E-state index < -0.39 is 5.95 Å². The fourth-order valence-electron chi connectivity index (χ4n) is 3.16. The van der Waals surface area contributed by atoms with Gasteiger partial charge in [-0.2, -0.15) is 9.49 Å². The molecule has 3 aromatic heterocycles. The summed E-state index contributed by atoms with van der Waals surface area (Å²) in [4.78, 5) is 22.0. The van der Waals surface area contributed by atoms with Gasteiger partial charge in [0, 0.05) is 36.6 Å². The highest BCUT2D eigenvalue weighted by Gasteiger charge is 2.35. The average molecular weight is 372 g/mol. The molecule has 8 heteroatoms. The fourth-order valence-corrected chi connectivity index (χ4v) is 3.45. The number of nitrogens with one attached hydrogen (secondary N) is 1. The van der Waals surface area contributed by atoms with Gasteiger partial charge in [-0.25, -0.2) is 4.98 Å². The molecule has 1 N–H and O–H groups in total. The maximum atomic E-state index is 12.9. The Morgan fingerprint density at radius 3 is 2.81 bits per heavy atom. The lowest BCUT2D eigenvalue weighted by Gasteiger charge is -2.14. The van der Waals surface area contributed by atoms with E-state index in [4.69, 9.17) is 11.6 Å². The highest BCUT2D eigenvalue weighted by atomic mass is 35.5. The van der Waals surface area contributed by atoms with E-state index in [0.717, 1.165) is 11.1 Å². The summed E-state index contributed by atoms with van der Waals surface area (Å²) in [6.45, 7) is 0.540. The minimum Gasteiger partial charge on any atom is -0.294 e. The summed E-state index contributed by atoms with van der Waals surface area (Å²) in [5.74, 6) is -0.327. The second-order valence-electron chi connectivity index (χ2n) is 6.14. The van der Waals surface area contributed by atoms with E-state index in [0.29, 0.717) is 35.9 Å². The lowest BCUT2D eigenvalue weighted by Crippen LogP contribution is -2.28. The second-order valence-corrected chi connectivity index (χ2v) is 6.52. The van der Waals surface area contributed by atoms with Crippen molar-refractivity contribution >= 4 is 23.3 Å². The van der Waals surface area contributed by atoms with Crippen LogP contribution in [0.15, 0.2) is 42.9 Å². The molecule has 1 aliphatic rings. The topological polar surface area (TPSA) is 74.8 Å². The number of H-pyrrole nitrogens is 1. The molecular weight excluding hydrogens is 357 g/mol. The zero-order valence-corrected chi connectivity index (χ0v) is 14.4. The summed E-state index contributed by atoms with van der Waals surface area (Å²) >= 11 is 6.47. The van der Waals surface area contributed by atoms with Gasteiger partial charge in [0.05, 0.1) is 5.69 Å². The number of hydrogen-bond acceptors (Lipinski definition) is 4. The normalized spacial score (nSPS) is 17.1. The van der Waals surface area contributed by atoms with E-state index in [2.05, 4.69) is 20.2 Å². The maximum absolute atomic E-state index is 12.9. The highest BCUT2D eigenvalue weighted by molar-refractivity contribution is 6.36. The molecule has 3 aromatic rings. The second kappa shape index (κ2) is 6.84. The number of pyridine rings is 2. The molecule has 1 unspecified atom stereocenters. The number of aromatic amines is 1. The summed E-state index contributed by atoms with van der Waals surface area (Å²) < 4.78 is 12.9. The monoisotopic (exact) mass is 371 g/mol. The van der Waals surface area contributed by atoms with E-state index >= 15 is 0 Å². The summed E-state index contributed by atoms with van der Waals surface area (Å²) in [6, 6.07) is 6.60. The Morgan fingerprint density at radius 1 is 1.27 bits per heavy atom. The summed E-state index contributed by atoms with van der Waals surface area (Å²) in [7, 11) is 0. The van der Waals surface area contributed by atoms with Crippen molar-refractivity contribution in [3.05, 3.63) is 59.4 Å². The Kier molecular flexibility index (Phi) is 4.38. The van der Waals surface area contributed by atoms with E-state index in [-0.39, 0.29) is 11.8 Å². The van der Waals surface area contributed by atoms with Crippen LogP contribution >= 0.6 is 11.6 Å². The van der Waals surface area contributed by atoms with E-state index in [9.17, 15) is 9.18 Å². The van der Waals surface area contributed by atoms with Gasteiger partial charge in [0.1, 0.15) is 5.02 Å². The Balaban J connectivity index is 1.53. The van der Waals surface area contributed by atoms with Crippen LogP contribution in [-0.2, 0) is 11.2 Å². The predicted octanol–water partition coefficient (Wildman–Crippen LogP) is 3.25. The number of rotatable bonds is 4. The standard InChI is InChI=1S/C18H15ClFN5O/c19-15-16(12-3-6-21-7-4-12)23-24-17(15)25-8-5-13(18(25)26)9-11-1-2-14(20)22-10-11/h1-4,6-7,10,13H,5,8-9H2,(H,23,24). The minimum absolute atomic E-state index is 0.0380. The average Bonchev–Trinajstić information content (AvgIpc) is 3.21. The van der Waals surface area contributed by atoms with Crippen molar-refractivity contribution in [2.45, 2.75) is 12.8 Å². The van der Waals surface area contributed by atoms with Crippen molar-refractivity contribution in [2.24, 2.45) is 5.92 Å². The SMILES string of the molecule is O=C1C(Cc2ccc(F)nc2)CCN1c1n[nH]c(-c2ccncc2)c1Cl. The van der Waals surface area contributed by atoms with Crippen molar-refractivity contribution in [3.63, 3.8) is 0 Å². The lowest BCUT2D eigenvalue weighted by molar-refractivity contribution is -0.120. The van der Waals surface area contributed by atoms with Gasteiger partial charge >= 0.3 is 0 Å². The molecule has 4 heterocycles. The van der Waals surface area contributed by atoms with Crippen LogP contribution in [0.3, 0.4) is 0 Å². The number of nitrogens with zero attached hydrogens (tertiary/aromatic N) is 4. The van der Waals surface area contributed by atoms with Crippen LogP contribution in [0.4, 0.5) is 10.2 Å². The third-order valence-electron chi connectivity index (χ3n) is 4.50. The van der Waals surface area contributed by atoms with Crippen LogP contribution in [0.25, 0.3) is 11.3 Å². The molecule has 0 aromatic carbocycles. The number of halogens is 2. The molecule has 1 fully saturated rings. The van der Waals surface area contributed by atoms with E-state index in [1.807, 2.05) is 12.1 Å². The van der Waals surface area contributed by atoms with E-state index in [1.165, 1.54) is 12.3 Å². The van der Waals surface area contributed by atoms with Crippen molar-refractivity contribution in [2.75, 3.05) is 11.4 Å². The molecule has 0 radical (unpaired) electrons. The van der Waals surface area contributed by atoms with Crippen LogP contribution in [-0.4, -0.2) is 32.6 Å². The third kappa shape index (κ3) is 3.06. The van der Waals surface area contributed by atoms with Gasteiger partial charge in [0.2, 0.25) is 11.9 Å². The largest absolute Gasteiger partial charge is 0.294 e. The number of anilines is 1. The van der Waals surface area contributed by atoms with Gasteiger partial charge in [-0.05, 0) is 36.6 Å². The summed E-state index contributed by atoms with van der Waals surface area (Å²) in [6.07, 6.45) is 6.00. The zero-order chi connectivity index (χ0) is 18.1. The van der Waals surface area contributed by atoms with Gasteiger partial charge in [0.25, 0.3) is 0 Å². The van der Waals surface area contributed by atoms with Crippen molar-refractivity contribution in [3.8, 4) is 11.3 Å². The number of carbonyl (C=O) groups excluding carboxylic acids is 1. The molecule has 132 valence electrons. The molecule has 1 atom stereocenters. The van der Waals surface area contributed by atoms with Crippen LogP contribution in [0.2, 0.25) is 5.02 Å². The molecule has 0 saturated carbocycles. The summed E-state index contributed by atoms with van der Waals surface area (Å²) in [5.41, 5.74) is 2.34. The van der Waals surface area contributed by atoms with Crippen molar-refractivity contribution in [1.82, 2.24) is 20.2 Å². The Hall–Kier alpha value is -2.80. The first-order chi connectivity index (χ1) is 12.6. The van der Waals surface area contributed by atoms with Gasteiger partial charge in [-0.1, -0.05) is 17.7 Å². The third-order valence-corrected chi connectivity index (χ3v) is 4.86. The number of carbonyl (C=O) groups is 1. The maximum Gasteiger partial charge on any atom is 0.231 e. The van der Waals surface area contributed by atoms with Gasteiger partial charge in [-0.3, -0.25) is 19.8 Å². The van der Waals surface area contributed by atoms with Gasteiger partial charge in [0.15, 0.2) is 5.82 Å². The van der Waals surface area contributed by atoms with Gasteiger partial charge < -0.3 is 0 Å². The first-order valence-corrected chi connectivity index (χ1v) is 8.57. The molecule has 1 saturated heterocycles. The van der Waals surface area contributed by atoms with Crippen LogP contribution < -0.4 is 4.90 Å². The molecule has 0 aliphatic carbocycles.